The van der Waals surface area contributed by atoms with Crippen molar-refractivity contribution in [2.75, 3.05) is 0 Å². The maximum atomic E-state index is 13.4. The van der Waals surface area contributed by atoms with E-state index >= 15 is 0 Å². The molecule has 0 aliphatic rings. The van der Waals surface area contributed by atoms with Crippen LogP contribution in [0.2, 0.25) is 5.02 Å². The van der Waals surface area contributed by atoms with Crippen LogP contribution < -0.4 is 10.3 Å². The molecule has 1 atom stereocenters. The molecule has 0 spiro atoms. The van der Waals surface area contributed by atoms with E-state index < -0.39 is 4.92 Å². The van der Waals surface area contributed by atoms with E-state index in [0.29, 0.717) is 16.7 Å². The number of hydrogen-bond donors (Lipinski definition) is 0. The normalized spacial score (nSPS) is 12.2. The highest BCUT2D eigenvalue weighted by atomic mass is 79.9. The molecule has 8 nitrogen and oxygen atoms in total. The minimum Gasteiger partial charge on any atom is -0.481 e. The van der Waals surface area contributed by atoms with Crippen LogP contribution in [0.5, 0.6) is 5.75 Å². The molecule has 1 aromatic heterocycles. The minimum atomic E-state index is -0.560. The summed E-state index contributed by atoms with van der Waals surface area (Å²) in [6.07, 6.45) is 2.08. The Hall–Kier alpha value is -3.56. The van der Waals surface area contributed by atoms with Crippen molar-refractivity contribution in [3.63, 3.8) is 0 Å². The van der Waals surface area contributed by atoms with Gasteiger partial charge in [0.15, 0.2) is 0 Å². The number of aromatic nitrogens is 2. The summed E-state index contributed by atoms with van der Waals surface area (Å²) in [5.74, 6) is 0.425. The van der Waals surface area contributed by atoms with Gasteiger partial charge in [-0.05, 0) is 36.2 Å². The highest BCUT2D eigenvalue weighted by Crippen LogP contribution is 2.34. The first-order chi connectivity index (χ1) is 17.3. The van der Waals surface area contributed by atoms with Crippen molar-refractivity contribution in [1.82, 2.24) is 9.66 Å². The predicted molar refractivity (Wildman–Crippen MR) is 144 cm³/mol. The van der Waals surface area contributed by atoms with Crippen molar-refractivity contribution < 1.29 is 9.66 Å². The average Bonchev–Trinajstić information content (AvgIpc) is 2.87. The molecular formula is C26H22BrClN4O4. The quantitative estimate of drug-likeness (QED) is 0.134. The fourth-order valence-electron chi connectivity index (χ4n) is 3.62. The molecule has 0 radical (unpaired) electrons. The van der Waals surface area contributed by atoms with Crippen molar-refractivity contribution in [3.8, 4) is 5.75 Å². The molecular weight excluding hydrogens is 548 g/mol. The molecule has 184 valence electrons. The molecule has 0 N–H and O–H groups in total. The first-order valence-corrected chi connectivity index (χ1v) is 12.4. The van der Waals surface area contributed by atoms with Crippen LogP contribution in [0, 0.1) is 10.1 Å². The van der Waals surface area contributed by atoms with Gasteiger partial charge in [0.2, 0.25) is 5.75 Å². The Balaban J connectivity index is 1.85. The number of nitro benzene ring substituents is 1. The number of nitro groups is 1. The lowest BCUT2D eigenvalue weighted by Crippen LogP contribution is -2.23. The van der Waals surface area contributed by atoms with Gasteiger partial charge in [0, 0.05) is 27.0 Å². The number of nitrogens with zero attached hydrogens (tertiary/aromatic N) is 4. The van der Waals surface area contributed by atoms with E-state index in [1.54, 1.807) is 12.1 Å². The van der Waals surface area contributed by atoms with Gasteiger partial charge in [-0.3, -0.25) is 14.9 Å². The third kappa shape index (κ3) is 5.47. The Morgan fingerprint density at radius 1 is 1.22 bits per heavy atom. The van der Waals surface area contributed by atoms with Gasteiger partial charge in [0.25, 0.3) is 5.56 Å². The summed E-state index contributed by atoms with van der Waals surface area (Å²) in [7, 11) is 0. The summed E-state index contributed by atoms with van der Waals surface area (Å²) in [5, 5.41) is 16.7. The van der Waals surface area contributed by atoms with Gasteiger partial charge < -0.3 is 4.74 Å². The first-order valence-electron chi connectivity index (χ1n) is 11.2. The van der Waals surface area contributed by atoms with Gasteiger partial charge >= 0.3 is 5.69 Å². The second-order valence-electron chi connectivity index (χ2n) is 8.18. The smallest absolute Gasteiger partial charge is 0.313 e. The summed E-state index contributed by atoms with van der Waals surface area (Å²) in [4.78, 5) is 29.3. The number of halogens is 2. The molecule has 0 amide bonds. The molecule has 0 fully saturated rings. The minimum absolute atomic E-state index is 0.00614. The lowest BCUT2D eigenvalue weighted by Gasteiger charge is -2.14. The summed E-state index contributed by atoms with van der Waals surface area (Å²) in [6, 6.07) is 17.3. The van der Waals surface area contributed by atoms with Gasteiger partial charge in [0.05, 0.1) is 22.0 Å². The van der Waals surface area contributed by atoms with E-state index in [2.05, 4.69) is 26.0 Å². The summed E-state index contributed by atoms with van der Waals surface area (Å²) >= 11 is 9.58. The molecule has 1 heterocycles. The van der Waals surface area contributed by atoms with Crippen molar-refractivity contribution in [2.45, 2.75) is 32.8 Å². The third-order valence-electron chi connectivity index (χ3n) is 5.68. The standard InChI is InChI=1S/C26H22BrClN4O4/c1-3-16(2)25-30-22-10-9-19(27)12-21(22)26(33)31(25)29-14-18-11-20(28)13-23(32(34)35)24(18)36-15-17-7-5-4-6-8-17/h4-14,16H,3,15H2,1-2H3/t16-/m1/s1. The van der Waals surface area contributed by atoms with E-state index in [-0.39, 0.29) is 40.1 Å². The Morgan fingerprint density at radius 2 is 1.97 bits per heavy atom. The molecule has 0 unspecified atom stereocenters. The molecule has 0 bridgehead atoms. The van der Waals surface area contributed by atoms with Gasteiger partial charge in [-0.15, -0.1) is 0 Å². The second-order valence-corrected chi connectivity index (χ2v) is 9.53. The van der Waals surface area contributed by atoms with Crippen LogP contribution in [-0.4, -0.2) is 20.8 Å². The van der Waals surface area contributed by atoms with Gasteiger partial charge in [-0.2, -0.15) is 9.78 Å². The topological polar surface area (TPSA) is 99.6 Å². The zero-order valence-corrected chi connectivity index (χ0v) is 21.9. The van der Waals surface area contributed by atoms with Crippen molar-refractivity contribution in [2.24, 2.45) is 5.10 Å². The second kappa shape index (κ2) is 11.0. The van der Waals surface area contributed by atoms with E-state index in [1.807, 2.05) is 50.2 Å². The highest BCUT2D eigenvalue weighted by Gasteiger charge is 2.21. The van der Waals surface area contributed by atoms with Crippen molar-refractivity contribution >= 4 is 50.3 Å². The number of rotatable bonds is 8. The SMILES string of the molecule is CC[C@@H](C)c1nc2ccc(Br)cc2c(=O)n1N=Cc1cc(Cl)cc([N+](=O)[O-])c1OCc1ccccc1. The monoisotopic (exact) mass is 568 g/mol. The fraction of sp³-hybridized carbons (Fsp3) is 0.192. The maximum Gasteiger partial charge on any atom is 0.313 e. The Morgan fingerprint density at radius 3 is 2.67 bits per heavy atom. The van der Waals surface area contributed by atoms with Gasteiger partial charge in [-0.1, -0.05) is 71.7 Å². The lowest BCUT2D eigenvalue weighted by molar-refractivity contribution is -0.385. The van der Waals surface area contributed by atoms with Crippen LogP contribution in [0.4, 0.5) is 5.69 Å². The molecule has 4 rings (SSSR count). The van der Waals surface area contributed by atoms with Gasteiger partial charge in [-0.25, -0.2) is 4.98 Å². The molecule has 0 aliphatic carbocycles. The molecule has 4 aromatic rings. The average molecular weight is 570 g/mol. The molecule has 0 saturated heterocycles. The molecule has 36 heavy (non-hydrogen) atoms. The Bertz CT molecular complexity index is 1520. The Labute approximate surface area is 220 Å². The number of hydrogen-bond acceptors (Lipinski definition) is 6. The zero-order chi connectivity index (χ0) is 25.8. The van der Waals surface area contributed by atoms with Crippen LogP contribution in [0.25, 0.3) is 10.9 Å². The zero-order valence-electron chi connectivity index (χ0n) is 19.5. The van der Waals surface area contributed by atoms with E-state index in [0.717, 1.165) is 16.5 Å². The summed E-state index contributed by atoms with van der Waals surface area (Å²) < 4.78 is 7.84. The van der Waals surface area contributed by atoms with Crippen LogP contribution in [0.1, 0.15) is 43.1 Å². The van der Waals surface area contributed by atoms with Crippen LogP contribution in [0.15, 0.2) is 75.0 Å². The van der Waals surface area contributed by atoms with Crippen LogP contribution in [0.3, 0.4) is 0 Å². The van der Waals surface area contributed by atoms with Crippen molar-refractivity contribution in [1.29, 1.82) is 0 Å². The van der Waals surface area contributed by atoms with E-state index in [4.69, 9.17) is 16.3 Å². The number of benzene rings is 3. The predicted octanol–water partition coefficient (Wildman–Crippen LogP) is 6.70. The molecule has 3 aromatic carbocycles. The van der Waals surface area contributed by atoms with Crippen LogP contribution >= 0.6 is 27.5 Å². The molecule has 10 heteroatoms. The van der Waals surface area contributed by atoms with E-state index in [9.17, 15) is 14.9 Å². The summed E-state index contributed by atoms with van der Waals surface area (Å²) in [5.41, 5.74) is 1.02. The highest BCUT2D eigenvalue weighted by molar-refractivity contribution is 9.10. The largest absolute Gasteiger partial charge is 0.481 e. The maximum absolute atomic E-state index is 13.4. The summed E-state index contributed by atoms with van der Waals surface area (Å²) in [6.45, 7) is 4.05. The van der Waals surface area contributed by atoms with Crippen LogP contribution in [-0.2, 0) is 6.61 Å². The van der Waals surface area contributed by atoms with Crippen molar-refractivity contribution in [3.05, 3.63) is 108 Å². The molecule has 0 aliphatic heterocycles. The number of fused-ring (bicyclic) bond motifs is 1. The van der Waals surface area contributed by atoms with E-state index in [1.165, 1.54) is 23.0 Å². The Kier molecular flexibility index (Phi) is 7.81. The fourth-order valence-corrected chi connectivity index (χ4v) is 4.20. The lowest BCUT2D eigenvalue weighted by atomic mass is 10.1. The molecule has 0 saturated carbocycles. The number of ether oxygens (including phenoxy) is 1. The third-order valence-corrected chi connectivity index (χ3v) is 6.40. The van der Waals surface area contributed by atoms with Gasteiger partial charge in [0.1, 0.15) is 12.4 Å². The first kappa shape index (κ1) is 25.5.